The predicted octanol–water partition coefficient (Wildman–Crippen LogP) is 3.60. The summed E-state index contributed by atoms with van der Waals surface area (Å²) in [6.07, 6.45) is 1.11. The van der Waals surface area contributed by atoms with Crippen molar-refractivity contribution in [1.29, 1.82) is 0 Å². The van der Waals surface area contributed by atoms with Crippen LogP contribution in [0.25, 0.3) is 11.1 Å². The van der Waals surface area contributed by atoms with Crippen molar-refractivity contribution in [3.05, 3.63) is 36.4 Å². The fourth-order valence-corrected chi connectivity index (χ4v) is 2.99. The molecule has 0 heterocycles. The molecular weight excluding hydrogens is 254 g/mol. The summed E-state index contributed by atoms with van der Waals surface area (Å²) in [6, 6.07) is 11.5. The average Bonchev–Trinajstić information content (AvgIpc) is 2.38. The van der Waals surface area contributed by atoms with Crippen LogP contribution in [0.4, 0.5) is 17.1 Å². The van der Waals surface area contributed by atoms with Gasteiger partial charge in [-0.1, -0.05) is 19.1 Å². The van der Waals surface area contributed by atoms with Crippen LogP contribution in [0.5, 0.6) is 0 Å². The number of anilines is 3. The quantitative estimate of drug-likeness (QED) is 0.587. The fraction of sp³-hybridized carbons (Fsp3) is 0.200. The van der Waals surface area contributed by atoms with Crippen LogP contribution in [0.15, 0.2) is 41.3 Å². The second-order valence-corrected chi connectivity index (χ2v) is 5.52. The van der Waals surface area contributed by atoms with E-state index in [0.717, 1.165) is 28.2 Å². The zero-order chi connectivity index (χ0) is 13.8. The van der Waals surface area contributed by atoms with Gasteiger partial charge in [-0.2, -0.15) is 0 Å². The second kappa shape index (κ2) is 5.89. The zero-order valence-corrected chi connectivity index (χ0v) is 11.8. The molecule has 0 saturated carbocycles. The molecule has 0 saturated heterocycles. The molecule has 100 valence electrons. The van der Waals surface area contributed by atoms with Gasteiger partial charge in [0.1, 0.15) is 0 Å². The van der Waals surface area contributed by atoms with E-state index in [4.69, 9.17) is 17.2 Å². The van der Waals surface area contributed by atoms with E-state index in [1.807, 2.05) is 30.3 Å². The van der Waals surface area contributed by atoms with Crippen LogP contribution >= 0.6 is 11.8 Å². The first-order valence-electron chi connectivity index (χ1n) is 6.30. The third-order valence-corrected chi connectivity index (χ3v) is 4.16. The molecule has 0 atom stereocenters. The minimum absolute atomic E-state index is 0.663. The summed E-state index contributed by atoms with van der Waals surface area (Å²) in [5.74, 6) is 1.04. The zero-order valence-electron chi connectivity index (χ0n) is 11.0. The van der Waals surface area contributed by atoms with Gasteiger partial charge in [0.25, 0.3) is 0 Å². The van der Waals surface area contributed by atoms with Gasteiger partial charge in [0, 0.05) is 33.1 Å². The molecule has 2 aromatic carbocycles. The number of nitrogens with two attached hydrogens (primary N) is 3. The predicted molar refractivity (Wildman–Crippen MR) is 86.1 cm³/mol. The molecule has 0 aliphatic rings. The van der Waals surface area contributed by atoms with Crippen molar-refractivity contribution in [2.24, 2.45) is 0 Å². The summed E-state index contributed by atoms with van der Waals surface area (Å²) < 4.78 is 0. The first kappa shape index (κ1) is 13.6. The third-order valence-electron chi connectivity index (χ3n) is 2.90. The van der Waals surface area contributed by atoms with Gasteiger partial charge in [0.15, 0.2) is 0 Å². The maximum atomic E-state index is 6.14. The van der Waals surface area contributed by atoms with Gasteiger partial charge in [0.2, 0.25) is 0 Å². The Hall–Kier alpha value is -1.81. The van der Waals surface area contributed by atoms with E-state index in [0.29, 0.717) is 17.1 Å². The van der Waals surface area contributed by atoms with Crippen molar-refractivity contribution < 1.29 is 0 Å². The van der Waals surface area contributed by atoms with Crippen molar-refractivity contribution in [3.8, 4) is 11.1 Å². The van der Waals surface area contributed by atoms with Crippen LogP contribution in [-0.4, -0.2) is 5.75 Å². The SMILES string of the molecule is CCCSc1cccc(N)c1-c1c(N)cccc1N. The van der Waals surface area contributed by atoms with Crippen LogP contribution < -0.4 is 17.2 Å². The smallest absolute Gasteiger partial charge is 0.0415 e. The number of benzene rings is 2. The molecule has 0 aromatic heterocycles. The van der Waals surface area contributed by atoms with Gasteiger partial charge in [-0.05, 0) is 36.4 Å². The highest BCUT2D eigenvalue weighted by Gasteiger charge is 2.14. The van der Waals surface area contributed by atoms with Crippen molar-refractivity contribution in [2.45, 2.75) is 18.2 Å². The molecule has 0 bridgehead atoms. The molecule has 2 rings (SSSR count). The Bertz CT molecular complexity index is 561. The molecule has 0 fully saturated rings. The molecule has 0 aliphatic heterocycles. The normalized spacial score (nSPS) is 10.6. The van der Waals surface area contributed by atoms with Gasteiger partial charge < -0.3 is 17.2 Å². The molecule has 6 N–H and O–H groups in total. The Morgan fingerprint density at radius 1 is 0.842 bits per heavy atom. The number of nitrogen functional groups attached to an aromatic ring is 3. The van der Waals surface area contributed by atoms with Gasteiger partial charge in [0.05, 0.1) is 0 Å². The van der Waals surface area contributed by atoms with Crippen LogP contribution in [0.2, 0.25) is 0 Å². The lowest BCUT2D eigenvalue weighted by Crippen LogP contribution is -2.00. The average molecular weight is 273 g/mol. The molecule has 2 aromatic rings. The van der Waals surface area contributed by atoms with Crippen molar-refractivity contribution in [3.63, 3.8) is 0 Å². The fourth-order valence-electron chi connectivity index (χ4n) is 2.03. The van der Waals surface area contributed by atoms with E-state index in [1.54, 1.807) is 11.8 Å². The summed E-state index contributed by atoms with van der Waals surface area (Å²) in [6.45, 7) is 2.16. The lowest BCUT2D eigenvalue weighted by molar-refractivity contribution is 1.10. The van der Waals surface area contributed by atoms with E-state index >= 15 is 0 Å². The van der Waals surface area contributed by atoms with E-state index in [2.05, 4.69) is 13.0 Å². The molecule has 0 spiro atoms. The maximum absolute atomic E-state index is 6.14. The van der Waals surface area contributed by atoms with Crippen LogP contribution in [-0.2, 0) is 0 Å². The van der Waals surface area contributed by atoms with Gasteiger partial charge in [-0.3, -0.25) is 0 Å². The highest BCUT2D eigenvalue weighted by Crippen LogP contribution is 2.41. The number of rotatable bonds is 4. The summed E-state index contributed by atoms with van der Waals surface area (Å²) in [5.41, 5.74) is 22.1. The summed E-state index contributed by atoms with van der Waals surface area (Å²) in [4.78, 5) is 1.13. The molecule has 4 heteroatoms. The number of thioether (sulfide) groups is 1. The Labute approximate surface area is 118 Å². The maximum Gasteiger partial charge on any atom is 0.0415 e. The monoisotopic (exact) mass is 273 g/mol. The van der Waals surface area contributed by atoms with E-state index in [1.165, 1.54) is 0 Å². The molecular formula is C15H19N3S. The molecule has 19 heavy (non-hydrogen) atoms. The standard InChI is InChI=1S/C15H19N3S/c1-2-9-19-13-8-4-7-12(18)15(13)14-10(16)5-3-6-11(14)17/h3-8H,2,9,16-18H2,1H3. The molecule has 0 amide bonds. The summed E-state index contributed by atoms with van der Waals surface area (Å²) in [5, 5.41) is 0. The number of hydrogen-bond acceptors (Lipinski definition) is 4. The summed E-state index contributed by atoms with van der Waals surface area (Å²) in [7, 11) is 0. The minimum Gasteiger partial charge on any atom is -0.398 e. The molecule has 0 unspecified atom stereocenters. The van der Waals surface area contributed by atoms with E-state index in [9.17, 15) is 0 Å². The Morgan fingerprint density at radius 3 is 1.95 bits per heavy atom. The van der Waals surface area contributed by atoms with Crippen LogP contribution in [0.1, 0.15) is 13.3 Å². The lowest BCUT2D eigenvalue weighted by Gasteiger charge is -2.16. The van der Waals surface area contributed by atoms with Gasteiger partial charge in [-0.25, -0.2) is 0 Å². The van der Waals surface area contributed by atoms with Crippen molar-refractivity contribution in [2.75, 3.05) is 23.0 Å². The molecule has 0 aliphatic carbocycles. The highest BCUT2D eigenvalue weighted by molar-refractivity contribution is 7.99. The first-order valence-corrected chi connectivity index (χ1v) is 7.29. The highest BCUT2D eigenvalue weighted by atomic mass is 32.2. The molecule has 3 nitrogen and oxygen atoms in total. The van der Waals surface area contributed by atoms with Crippen LogP contribution in [0.3, 0.4) is 0 Å². The van der Waals surface area contributed by atoms with Crippen molar-refractivity contribution in [1.82, 2.24) is 0 Å². The van der Waals surface area contributed by atoms with E-state index < -0.39 is 0 Å². The topological polar surface area (TPSA) is 78.1 Å². The third kappa shape index (κ3) is 2.79. The Balaban J connectivity index is 2.60. The lowest BCUT2D eigenvalue weighted by atomic mass is 10.00. The van der Waals surface area contributed by atoms with Gasteiger partial charge in [-0.15, -0.1) is 11.8 Å². The van der Waals surface area contributed by atoms with Crippen molar-refractivity contribution >= 4 is 28.8 Å². The number of hydrogen-bond donors (Lipinski definition) is 3. The van der Waals surface area contributed by atoms with E-state index in [-0.39, 0.29) is 0 Å². The minimum atomic E-state index is 0.663. The molecule has 0 radical (unpaired) electrons. The van der Waals surface area contributed by atoms with Crippen LogP contribution in [0, 0.1) is 0 Å². The second-order valence-electron chi connectivity index (χ2n) is 4.38. The summed E-state index contributed by atoms with van der Waals surface area (Å²) >= 11 is 1.78. The Morgan fingerprint density at radius 2 is 1.37 bits per heavy atom. The largest absolute Gasteiger partial charge is 0.398 e. The Kier molecular flexibility index (Phi) is 4.22. The first-order chi connectivity index (χ1) is 9.15. The van der Waals surface area contributed by atoms with Gasteiger partial charge >= 0.3 is 0 Å².